The Labute approximate surface area is 192 Å². The van der Waals surface area contributed by atoms with E-state index in [1.165, 1.54) is 0 Å². The van der Waals surface area contributed by atoms with Gasteiger partial charge in [0.2, 0.25) is 0 Å². The van der Waals surface area contributed by atoms with E-state index < -0.39 is 11.8 Å². The number of anilines is 1. The van der Waals surface area contributed by atoms with E-state index >= 15 is 0 Å². The zero-order valence-electron chi connectivity index (χ0n) is 19.8. The van der Waals surface area contributed by atoms with Crippen LogP contribution in [0.15, 0.2) is 41.5 Å². The van der Waals surface area contributed by atoms with Crippen LogP contribution in [0, 0.1) is 0 Å². The van der Waals surface area contributed by atoms with Gasteiger partial charge in [0.25, 0.3) is 0 Å². The van der Waals surface area contributed by atoms with Crippen LogP contribution in [0.5, 0.6) is 5.75 Å². The molecule has 0 saturated carbocycles. The Bertz CT molecular complexity index is 1350. The van der Waals surface area contributed by atoms with E-state index in [1.807, 2.05) is 16.5 Å². The van der Waals surface area contributed by atoms with Crippen molar-refractivity contribution in [3.05, 3.63) is 46.9 Å². The highest BCUT2D eigenvalue weighted by atomic mass is 16.7. The molecule has 0 radical (unpaired) electrons. The third-order valence-electron chi connectivity index (χ3n) is 5.64. The van der Waals surface area contributed by atoms with Crippen LogP contribution in [0.4, 0.5) is 10.5 Å². The van der Waals surface area contributed by atoms with Gasteiger partial charge in [-0.2, -0.15) is 0 Å². The lowest BCUT2D eigenvalue weighted by Gasteiger charge is -2.19. The highest BCUT2D eigenvalue weighted by molar-refractivity contribution is 6.07. The van der Waals surface area contributed by atoms with E-state index in [4.69, 9.17) is 9.47 Å². The molecule has 0 saturated heterocycles. The van der Waals surface area contributed by atoms with Gasteiger partial charge in [-0.15, -0.1) is 0 Å². The molecule has 4 rings (SSSR count). The monoisotopic (exact) mass is 450 g/mol. The van der Waals surface area contributed by atoms with Gasteiger partial charge in [-0.05, 0) is 64.2 Å². The second kappa shape index (κ2) is 8.86. The molecule has 2 aromatic carbocycles. The average molecular weight is 451 g/mol. The highest BCUT2D eigenvalue weighted by Gasteiger charge is 2.20. The zero-order chi connectivity index (χ0) is 23.8. The van der Waals surface area contributed by atoms with E-state index in [9.17, 15) is 9.59 Å². The molecule has 0 spiro atoms. The van der Waals surface area contributed by atoms with Gasteiger partial charge in [0.05, 0.1) is 27.3 Å². The maximum Gasteiger partial charge on any atom is 0.514 e. The van der Waals surface area contributed by atoms with Crippen LogP contribution in [0.1, 0.15) is 34.6 Å². The topological polar surface area (TPSA) is 85.2 Å². The van der Waals surface area contributed by atoms with Crippen LogP contribution < -0.4 is 15.5 Å². The van der Waals surface area contributed by atoms with Crippen LogP contribution in [0.25, 0.3) is 27.3 Å². The van der Waals surface area contributed by atoms with Gasteiger partial charge in [0.15, 0.2) is 5.43 Å². The number of hydrogen-bond donors (Lipinski definition) is 1. The van der Waals surface area contributed by atoms with Crippen molar-refractivity contribution in [3.63, 3.8) is 0 Å². The Hall–Kier alpha value is -3.39. The van der Waals surface area contributed by atoms with E-state index in [-0.39, 0.29) is 11.2 Å². The number of rotatable bonds is 7. The summed E-state index contributed by atoms with van der Waals surface area (Å²) in [6.07, 6.45) is 0.906. The standard InChI is InChI=1S/C25H30N4O4/c1-6-28(7-2)13-12-26-18-9-10-19-22-21(18)23(30)17-14-16(32-24(31)33-25(3,4)5)8-11-20(17)29(22)15-27-19/h8-11,14-15,26H,6-7,12-13H2,1-5H3. The fourth-order valence-corrected chi connectivity index (χ4v) is 4.03. The second-order valence-corrected chi connectivity index (χ2v) is 9.00. The molecule has 8 heteroatoms. The van der Waals surface area contributed by atoms with E-state index in [1.54, 1.807) is 45.3 Å². The number of aromatic nitrogens is 2. The molecule has 0 atom stereocenters. The van der Waals surface area contributed by atoms with Crippen LogP contribution >= 0.6 is 0 Å². The van der Waals surface area contributed by atoms with Crippen LogP contribution in [0.3, 0.4) is 0 Å². The number of nitrogens with one attached hydrogen (secondary N) is 1. The molecule has 174 valence electrons. The number of likely N-dealkylation sites (N-methyl/N-ethyl adjacent to an activating group) is 1. The predicted octanol–water partition coefficient (Wildman–Crippen LogP) is 4.51. The molecule has 0 amide bonds. The summed E-state index contributed by atoms with van der Waals surface area (Å²) in [5, 5.41) is 4.45. The summed E-state index contributed by atoms with van der Waals surface area (Å²) >= 11 is 0. The average Bonchev–Trinajstić information content (AvgIpc) is 3.18. The molecule has 1 N–H and O–H groups in total. The van der Waals surface area contributed by atoms with Crippen molar-refractivity contribution >= 4 is 39.2 Å². The summed E-state index contributed by atoms with van der Waals surface area (Å²) < 4.78 is 12.5. The Morgan fingerprint density at radius 1 is 1.15 bits per heavy atom. The number of imidazole rings is 1. The van der Waals surface area contributed by atoms with Crippen molar-refractivity contribution in [1.29, 1.82) is 0 Å². The summed E-state index contributed by atoms with van der Waals surface area (Å²) in [5.41, 5.74) is 2.20. The fourth-order valence-electron chi connectivity index (χ4n) is 4.03. The molecule has 0 aliphatic carbocycles. The quantitative estimate of drug-likeness (QED) is 0.252. The van der Waals surface area contributed by atoms with Crippen molar-refractivity contribution in [2.75, 3.05) is 31.5 Å². The number of nitrogens with zero attached hydrogens (tertiary/aromatic N) is 3. The van der Waals surface area contributed by atoms with Gasteiger partial charge in [-0.1, -0.05) is 13.8 Å². The van der Waals surface area contributed by atoms with Crippen molar-refractivity contribution in [2.45, 2.75) is 40.2 Å². The Kier molecular flexibility index (Phi) is 6.12. The van der Waals surface area contributed by atoms with Crippen molar-refractivity contribution in [3.8, 4) is 5.75 Å². The maximum absolute atomic E-state index is 13.6. The lowest BCUT2D eigenvalue weighted by atomic mass is 10.1. The van der Waals surface area contributed by atoms with E-state index in [0.717, 1.165) is 42.9 Å². The SMILES string of the molecule is CCN(CC)CCNc1ccc2ncn3c4ccc(OC(=O)OC(C)(C)C)cc4c(=O)c1c23. The Balaban J connectivity index is 1.76. The van der Waals surface area contributed by atoms with Gasteiger partial charge < -0.3 is 19.7 Å². The lowest BCUT2D eigenvalue weighted by molar-refractivity contribution is 0.0206. The first-order valence-corrected chi connectivity index (χ1v) is 11.3. The van der Waals surface area contributed by atoms with Crippen molar-refractivity contribution in [2.24, 2.45) is 0 Å². The molecule has 8 nitrogen and oxygen atoms in total. The maximum atomic E-state index is 13.6. The Morgan fingerprint density at radius 3 is 2.61 bits per heavy atom. The van der Waals surface area contributed by atoms with Gasteiger partial charge in [-0.25, -0.2) is 9.78 Å². The predicted molar refractivity (Wildman–Crippen MR) is 131 cm³/mol. The molecule has 0 fully saturated rings. The first kappa shape index (κ1) is 22.8. The third-order valence-corrected chi connectivity index (χ3v) is 5.64. The van der Waals surface area contributed by atoms with Gasteiger partial charge in [0.1, 0.15) is 17.7 Å². The van der Waals surface area contributed by atoms with Crippen LogP contribution in [0.2, 0.25) is 0 Å². The normalized spacial score (nSPS) is 12.2. The molecule has 33 heavy (non-hydrogen) atoms. The summed E-state index contributed by atoms with van der Waals surface area (Å²) in [6, 6.07) is 8.83. The number of carbonyl (C=O) groups excluding carboxylic acids is 1. The lowest BCUT2D eigenvalue weighted by Crippen LogP contribution is -2.28. The number of hydrogen-bond acceptors (Lipinski definition) is 7. The first-order valence-electron chi connectivity index (χ1n) is 11.3. The van der Waals surface area contributed by atoms with Gasteiger partial charge >= 0.3 is 6.16 Å². The summed E-state index contributed by atoms with van der Waals surface area (Å²) in [7, 11) is 0. The van der Waals surface area contributed by atoms with Crippen LogP contribution in [-0.4, -0.2) is 52.2 Å². The van der Waals surface area contributed by atoms with Crippen molar-refractivity contribution in [1.82, 2.24) is 14.3 Å². The number of benzene rings is 2. The van der Waals surface area contributed by atoms with E-state index in [2.05, 4.69) is 29.0 Å². The summed E-state index contributed by atoms with van der Waals surface area (Å²) in [6.45, 7) is 13.1. The number of pyridine rings is 1. The zero-order valence-corrected chi connectivity index (χ0v) is 19.8. The molecular weight excluding hydrogens is 420 g/mol. The fraction of sp³-hybridized carbons (Fsp3) is 0.400. The Morgan fingerprint density at radius 2 is 1.91 bits per heavy atom. The molecule has 4 aromatic rings. The van der Waals surface area contributed by atoms with Gasteiger partial charge in [0, 0.05) is 18.8 Å². The summed E-state index contributed by atoms with van der Waals surface area (Å²) in [4.78, 5) is 32.5. The number of fused-ring (bicyclic) bond motifs is 2. The molecule has 2 heterocycles. The molecule has 0 aliphatic heterocycles. The van der Waals surface area contributed by atoms with Gasteiger partial charge in [-0.3, -0.25) is 9.20 Å². The molecular formula is C25H30N4O4. The molecule has 2 aromatic heterocycles. The largest absolute Gasteiger partial charge is 0.514 e. The molecule has 0 aliphatic rings. The third kappa shape index (κ3) is 4.57. The van der Waals surface area contributed by atoms with E-state index in [0.29, 0.717) is 16.3 Å². The second-order valence-electron chi connectivity index (χ2n) is 9.00. The first-order chi connectivity index (χ1) is 15.7. The minimum atomic E-state index is -0.810. The summed E-state index contributed by atoms with van der Waals surface area (Å²) in [5.74, 6) is 0.253. The van der Waals surface area contributed by atoms with Crippen molar-refractivity contribution < 1.29 is 14.3 Å². The minimum absolute atomic E-state index is 0.136. The number of carbonyl (C=O) groups is 1. The van der Waals surface area contributed by atoms with Crippen LogP contribution in [-0.2, 0) is 4.74 Å². The minimum Gasteiger partial charge on any atom is -0.428 e. The smallest absolute Gasteiger partial charge is 0.428 e. The highest BCUT2D eigenvalue weighted by Crippen LogP contribution is 2.30. The molecule has 0 unspecified atom stereocenters. The molecule has 0 bridgehead atoms. The number of ether oxygens (including phenoxy) is 2.